The van der Waals surface area contributed by atoms with E-state index >= 15 is 0 Å². The van der Waals surface area contributed by atoms with E-state index in [2.05, 4.69) is 0 Å². The fraction of sp³-hybridized carbons (Fsp3) is 0.188. The highest BCUT2D eigenvalue weighted by Crippen LogP contribution is 2.36. The quantitative estimate of drug-likeness (QED) is 0.782. The van der Waals surface area contributed by atoms with Crippen molar-refractivity contribution in [3.05, 3.63) is 64.7 Å². The minimum atomic E-state index is -0.831. The molecule has 0 amide bonds. The number of hydrogen-bond donors (Lipinski definition) is 0. The van der Waals surface area contributed by atoms with Crippen molar-refractivity contribution in [3.63, 3.8) is 0 Å². The van der Waals surface area contributed by atoms with E-state index in [0.717, 1.165) is 11.6 Å². The summed E-state index contributed by atoms with van der Waals surface area (Å²) in [5, 5.41) is 0. The summed E-state index contributed by atoms with van der Waals surface area (Å²) in [6.07, 6.45) is 0. The number of benzene rings is 2. The van der Waals surface area contributed by atoms with Crippen molar-refractivity contribution >= 4 is 5.78 Å². The number of Topliss-reactive ketones (excluding diaryl/α,β-unsaturated/α-hetero) is 1. The van der Waals surface area contributed by atoms with Gasteiger partial charge in [-0.05, 0) is 24.6 Å². The van der Waals surface area contributed by atoms with Gasteiger partial charge < -0.3 is 4.74 Å². The Balaban J connectivity index is 2.01. The summed E-state index contributed by atoms with van der Waals surface area (Å²) in [4.78, 5) is 12.5. The van der Waals surface area contributed by atoms with Gasteiger partial charge in [-0.25, -0.2) is 8.78 Å². The zero-order valence-corrected chi connectivity index (χ0v) is 10.8. The first-order valence-electron chi connectivity index (χ1n) is 6.29. The van der Waals surface area contributed by atoms with Gasteiger partial charge in [0.25, 0.3) is 0 Å². The zero-order chi connectivity index (χ0) is 14.3. The minimum absolute atomic E-state index is 0.0887. The summed E-state index contributed by atoms with van der Waals surface area (Å²) >= 11 is 0. The van der Waals surface area contributed by atoms with Crippen molar-refractivity contribution in [1.29, 1.82) is 0 Å². The number of carbonyl (C=O) groups excluding carboxylic acids is 1. The van der Waals surface area contributed by atoms with Gasteiger partial charge in [-0.15, -0.1) is 0 Å². The summed E-state index contributed by atoms with van der Waals surface area (Å²) in [5.41, 5.74) is 0.912. The Bertz CT molecular complexity index is 695. The van der Waals surface area contributed by atoms with Crippen LogP contribution in [0.1, 0.15) is 27.4 Å². The highest BCUT2D eigenvalue weighted by Gasteiger charge is 2.32. The number of fused-ring (bicyclic) bond motifs is 1. The summed E-state index contributed by atoms with van der Waals surface area (Å²) in [7, 11) is 0. The molecule has 3 rings (SSSR count). The highest BCUT2D eigenvalue weighted by molar-refractivity contribution is 6.02. The normalized spacial score (nSPS) is 16.6. The molecule has 0 fully saturated rings. The molecule has 1 unspecified atom stereocenters. The van der Waals surface area contributed by atoms with Crippen LogP contribution in [0.25, 0.3) is 0 Å². The lowest BCUT2D eigenvalue weighted by Crippen LogP contribution is -2.16. The van der Waals surface area contributed by atoms with Crippen molar-refractivity contribution in [2.75, 3.05) is 6.61 Å². The second-order valence-electron chi connectivity index (χ2n) is 4.85. The van der Waals surface area contributed by atoms with Gasteiger partial charge in [0.05, 0.1) is 11.5 Å². The maximum absolute atomic E-state index is 13.8. The van der Waals surface area contributed by atoms with E-state index in [9.17, 15) is 13.6 Å². The molecule has 0 spiro atoms. The average Bonchev–Trinajstić information content (AvgIpc) is 2.86. The molecule has 2 aromatic carbocycles. The van der Waals surface area contributed by atoms with Gasteiger partial charge in [-0.3, -0.25) is 4.79 Å². The Labute approximate surface area is 115 Å². The first-order valence-corrected chi connectivity index (χ1v) is 6.29. The predicted octanol–water partition coefficient (Wildman–Crippen LogP) is 3.63. The number of aryl methyl sites for hydroxylation is 1. The zero-order valence-electron chi connectivity index (χ0n) is 10.8. The molecular weight excluding hydrogens is 262 g/mol. The highest BCUT2D eigenvalue weighted by atomic mass is 19.1. The van der Waals surface area contributed by atoms with Crippen LogP contribution in [0.3, 0.4) is 0 Å². The molecule has 0 N–H and O–H groups in total. The molecule has 4 heteroatoms. The topological polar surface area (TPSA) is 26.3 Å². The van der Waals surface area contributed by atoms with Crippen LogP contribution in [0.5, 0.6) is 5.75 Å². The van der Waals surface area contributed by atoms with E-state index in [1.54, 1.807) is 18.2 Å². The van der Waals surface area contributed by atoms with Gasteiger partial charge in [0.1, 0.15) is 24.0 Å². The molecule has 20 heavy (non-hydrogen) atoms. The van der Waals surface area contributed by atoms with Crippen molar-refractivity contribution in [2.24, 2.45) is 0 Å². The average molecular weight is 274 g/mol. The molecule has 0 bridgehead atoms. The smallest absolute Gasteiger partial charge is 0.176 e. The number of para-hydroxylation sites is 1. The molecule has 0 radical (unpaired) electrons. The van der Waals surface area contributed by atoms with Crippen LogP contribution in [0.4, 0.5) is 8.78 Å². The number of carbonyl (C=O) groups is 1. The largest absolute Gasteiger partial charge is 0.492 e. The molecule has 1 atom stereocenters. The summed E-state index contributed by atoms with van der Waals surface area (Å²) < 4.78 is 32.5. The van der Waals surface area contributed by atoms with E-state index < -0.39 is 17.6 Å². The van der Waals surface area contributed by atoms with Gasteiger partial charge in [0.2, 0.25) is 0 Å². The van der Waals surface area contributed by atoms with E-state index in [-0.39, 0.29) is 23.5 Å². The van der Waals surface area contributed by atoms with Gasteiger partial charge in [0, 0.05) is 11.6 Å². The Morgan fingerprint density at radius 1 is 1.20 bits per heavy atom. The molecule has 1 aliphatic heterocycles. The molecule has 1 heterocycles. The molecule has 0 saturated heterocycles. The standard InChI is InChI=1S/C16H12F2O2/c1-9-6-11(14(18)7-13(9)17)16(19)12-8-20-15-5-3-2-4-10(12)15/h2-7,12H,8H2,1H3. The third-order valence-electron chi connectivity index (χ3n) is 3.53. The van der Waals surface area contributed by atoms with Gasteiger partial charge in [-0.1, -0.05) is 18.2 Å². The third kappa shape index (κ3) is 1.97. The van der Waals surface area contributed by atoms with Crippen molar-refractivity contribution < 1.29 is 18.3 Å². The van der Waals surface area contributed by atoms with Crippen LogP contribution in [-0.4, -0.2) is 12.4 Å². The van der Waals surface area contributed by atoms with Gasteiger partial charge in [-0.2, -0.15) is 0 Å². The maximum Gasteiger partial charge on any atom is 0.176 e. The SMILES string of the molecule is Cc1cc(C(=O)C2COc3ccccc32)c(F)cc1F. The number of hydrogen-bond acceptors (Lipinski definition) is 2. The number of ether oxygens (including phenoxy) is 1. The van der Waals surface area contributed by atoms with Crippen LogP contribution in [0.2, 0.25) is 0 Å². The second kappa shape index (κ2) is 4.71. The van der Waals surface area contributed by atoms with Crippen LogP contribution >= 0.6 is 0 Å². The molecule has 102 valence electrons. The molecule has 1 aliphatic rings. The first kappa shape index (κ1) is 12.8. The van der Waals surface area contributed by atoms with E-state index in [0.29, 0.717) is 5.75 Å². The lowest BCUT2D eigenvalue weighted by molar-refractivity contribution is 0.0943. The Morgan fingerprint density at radius 3 is 2.75 bits per heavy atom. The summed E-state index contributed by atoms with van der Waals surface area (Å²) in [6.45, 7) is 1.69. The number of ketones is 1. The fourth-order valence-corrected chi connectivity index (χ4v) is 2.41. The van der Waals surface area contributed by atoms with Crippen molar-refractivity contribution in [1.82, 2.24) is 0 Å². The predicted molar refractivity (Wildman–Crippen MR) is 70.1 cm³/mol. The third-order valence-corrected chi connectivity index (χ3v) is 3.53. The lowest BCUT2D eigenvalue weighted by Gasteiger charge is -2.10. The van der Waals surface area contributed by atoms with E-state index in [4.69, 9.17) is 4.74 Å². The lowest BCUT2D eigenvalue weighted by atomic mass is 9.91. The molecule has 2 aromatic rings. The van der Waals surface area contributed by atoms with Gasteiger partial charge in [0.15, 0.2) is 5.78 Å². The Hall–Kier alpha value is -2.23. The maximum atomic E-state index is 13.8. The minimum Gasteiger partial charge on any atom is -0.492 e. The summed E-state index contributed by atoms with van der Waals surface area (Å²) in [5.74, 6) is -1.75. The fourth-order valence-electron chi connectivity index (χ4n) is 2.41. The molecule has 0 aromatic heterocycles. The molecular formula is C16H12F2O2. The van der Waals surface area contributed by atoms with Crippen molar-refractivity contribution in [2.45, 2.75) is 12.8 Å². The first-order chi connectivity index (χ1) is 9.58. The Morgan fingerprint density at radius 2 is 1.95 bits per heavy atom. The van der Waals surface area contributed by atoms with Crippen LogP contribution in [0, 0.1) is 18.6 Å². The molecule has 0 saturated carbocycles. The molecule has 0 aliphatic carbocycles. The number of rotatable bonds is 2. The van der Waals surface area contributed by atoms with Crippen molar-refractivity contribution in [3.8, 4) is 5.75 Å². The summed E-state index contributed by atoms with van der Waals surface area (Å²) in [6, 6.07) is 9.20. The van der Waals surface area contributed by atoms with Crippen LogP contribution in [-0.2, 0) is 0 Å². The van der Waals surface area contributed by atoms with Gasteiger partial charge >= 0.3 is 0 Å². The monoisotopic (exact) mass is 274 g/mol. The van der Waals surface area contributed by atoms with E-state index in [1.807, 2.05) is 6.07 Å². The second-order valence-corrected chi connectivity index (χ2v) is 4.85. The van der Waals surface area contributed by atoms with Crippen LogP contribution < -0.4 is 4.74 Å². The number of halogens is 2. The Kier molecular flexibility index (Phi) is 3.01. The van der Waals surface area contributed by atoms with E-state index in [1.165, 1.54) is 13.0 Å². The van der Waals surface area contributed by atoms with Crippen LogP contribution in [0.15, 0.2) is 36.4 Å². The molecule has 2 nitrogen and oxygen atoms in total.